The van der Waals surface area contributed by atoms with Crippen LogP contribution in [0.3, 0.4) is 0 Å². The molecule has 1 aliphatic heterocycles. The lowest BCUT2D eigenvalue weighted by atomic mass is 10.0. The summed E-state index contributed by atoms with van der Waals surface area (Å²) in [6, 6.07) is 5.80. The smallest absolute Gasteiger partial charge is 0.254 e. The fraction of sp³-hybridized carbons (Fsp3) is 0.500. The zero-order chi connectivity index (χ0) is 15.4. The first-order valence-corrected chi connectivity index (χ1v) is 7.30. The van der Waals surface area contributed by atoms with Gasteiger partial charge in [-0.3, -0.25) is 9.59 Å². The van der Waals surface area contributed by atoms with Gasteiger partial charge in [-0.15, -0.1) is 0 Å². The van der Waals surface area contributed by atoms with Gasteiger partial charge in [-0.2, -0.15) is 0 Å². The van der Waals surface area contributed by atoms with E-state index < -0.39 is 0 Å². The van der Waals surface area contributed by atoms with Crippen LogP contribution < -0.4 is 5.32 Å². The largest absolute Gasteiger partial charge is 0.339 e. The molecule has 0 atom stereocenters. The summed E-state index contributed by atoms with van der Waals surface area (Å²) in [6.07, 6.45) is 0. The normalized spacial score (nSPS) is 14.9. The first kappa shape index (κ1) is 15.5. The maximum atomic E-state index is 12.5. The fourth-order valence-electron chi connectivity index (χ4n) is 2.46. The van der Waals surface area contributed by atoms with Crippen LogP contribution in [0.4, 0.5) is 0 Å². The molecule has 1 aliphatic rings. The molecule has 5 nitrogen and oxygen atoms in total. The molecule has 114 valence electrons. The van der Waals surface area contributed by atoms with E-state index in [0.717, 1.165) is 24.2 Å². The Bertz CT molecular complexity index is 536. The number of amides is 2. The van der Waals surface area contributed by atoms with Crippen LogP contribution in [-0.4, -0.2) is 61.4 Å². The molecule has 0 saturated carbocycles. The summed E-state index contributed by atoms with van der Waals surface area (Å²) in [5, 5.41) is 3.21. The average molecular weight is 289 g/mol. The van der Waals surface area contributed by atoms with Gasteiger partial charge < -0.3 is 15.1 Å². The topological polar surface area (TPSA) is 52.7 Å². The van der Waals surface area contributed by atoms with E-state index in [4.69, 9.17) is 0 Å². The summed E-state index contributed by atoms with van der Waals surface area (Å²) >= 11 is 0. The molecule has 0 aromatic heterocycles. The van der Waals surface area contributed by atoms with E-state index in [2.05, 4.69) is 5.32 Å². The quantitative estimate of drug-likeness (QED) is 0.896. The number of carbonyl (C=O) groups is 2. The summed E-state index contributed by atoms with van der Waals surface area (Å²) in [5.74, 6) is -0.0858. The predicted octanol–water partition coefficient (Wildman–Crippen LogP) is 0.807. The van der Waals surface area contributed by atoms with E-state index in [9.17, 15) is 9.59 Å². The van der Waals surface area contributed by atoms with Crippen molar-refractivity contribution in [3.8, 4) is 0 Å². The van der Waals surface area contributed by atoms with Crippen molar-refractivity contribution in [3.05, 3.63) is 34.9 Å². The standard InChI is InChI=1S/C16H23N3O2/c1-12-4-5-13(2)14(10-12)16(21)18(3)11-15(20)19-8-6-17-7-9-19/h4-5,10,17H,6-9,11H2,1-3H3. The zero-order valence-electron chi connectivity index (χ0n) is 13.0. The van der Waals surface area contributed by atoms with Crippen molar-refractivity contribution >= 4 is 11.8 Å². The average Bonchev–Trinajstić information content (AvgIpc) is 2.49. The Balaban J connectivity index is 2.02. The van der Waals surface area contributed by atoms with Crippen molar-refractivity contribution in [2.75, 3.05) is 39.8 Å². The molecular weight excluding hydrogens is 266 g/mol. The number of nitrogens with one attached hydrogen (secondary N) is 1. The Morgan fingerprint density at radius 3 is 2.57 bits per heavy atom. The number of rotatable bonds is 3. The molecule has 1 aromatic carbocycles. The predicted molar refractivity (Wildman–Crippen MR) is 82.3 cm³/mol. The van der Waals surface area contributed by atoms with Gasteiger partial charge in [0.1, 0.15) is 0 Å². The summed E-state index contributed by atoms with van der Waals surface area (Å²) in [4.78, 5) is 28.0. The highest BCUT2D eigenvalue weighted by molar-refractivity contribution is 5.97. The molecule has 21 heavy (non-hydrogen) atoms. The molecule has 0 bridgehead atoms. The minimum absolute atomic E-state index is 0.0117. The fourth-order valence-corrected chi connectivity index (χ4v) is 2.46. The summed E-state index contributed by atoms with van der Waals surface area (Å²) in [7, 11) is 1.68. The minimum Gasteiger partial charge on any atom is -0.339 e. The van der Waals surface area contributed by atoms with Crippen molar-refractivity contribution in [1.82, 2.24) is 15.1 Å². The number of carbonyl (C=O) groups excluding carboxylic acids is 2. The summed E-state index contributed by atoms with van der Waals surface area (Å²) < 4.78 is 0. The van der Waals surface area contributed by atoms with Crippen molar-refractivity contribution in [3.63, 3.8) is 0 Å². The lowest BCUT2D eigenvalue weighted by Gasteiger charge is -2.29. The van der Waals surface area contributed by atoms with Gasteiger partial charge in [0, 0.05) is 38.8 Å². The van der Waals surface area contributed by atoms with E-state index in [0.29, 0.717) is 18.7 Å². The van der Waals surface area contributed by atoms with Crippen molar-refractivity contribution in [1.29, 1.82) is 0 Å². The molecule has 0 radical (unpaired) electrons. The third kappa shape index (κ3) is 3.82. The maximum Gasteiger partial charge on any atom is 0.254 e. The Hall–Kier alpha value is -1.88. The van der Waals surface area contributed by atoms with Gasteiger partial charge >= 0.3 is 0 Å². The summed E-state index contributed by atoms with van der Waals surface area (Å²) in [6.45, 7) is 7.07. The molecule has 0 unspecified atom stereocenters. The number of nitrogens with zero attached hydrogens (tertiary/aromatic N) is 2. The van der Waals surface area contributed by atoms with Gasteiger partial charge in [-0.25, -0.2) is 0 Å². The Morgan fingerprint density at radius 1 is 1.24 bits per heavy atom. The summed E-state index contributed by atoms with van der Waals surface area (Å²) in [5.41, 5.74) is 2.66. The number of benzene rings is 1. The Kier molecular flexibility index (Phi) is 4.96. The highest BCUT2D eigenvalue weighted by atomic mass is 16.2. The Morgan fingerprint density at radius 2 is 1.90 bits per heavy atom. The van der Waals surface area contributed by atoms with Gasteiger partial charge in [0.15, 0.2) is 0 Å². The second kappa shape index (κ2) is 6.72. The van der Waals surface area contributed by atoms with Crippen LogP contribution in [0.15, 0.2) is 18.2 Å². The Labute approximate surface area is 125 Å². The molecule has 1 saturated heterocycles. The number of likely N-dealkylation sites (N-methyl/N-ethyl adjacent to an activating group) is 1. The number of hydrogen-bond donors (Lipinski definition) is 1. The molecule has 5 heteroatoms. The highest BCUT2D eigenvalue weighted by Crippen LogP contribution is 2.13. The molecule has 1 aromatic rings. The van der Waals surface area contributed by atoms with E-state index >= 15 is 0 Å². The van der Waals surface area contributed by atoms with Crippen LogP contribution in [0.2, 0.25) is 0 Å². The minimum atomic E-state index is -0.0975. The molecule has 2 rings (SSSR count). The monoisotopic (exact) mass is 289 g/mol. The van der Waals surface area contributed by atoms with Gasteiger partial charge in [0.25, 0.3) is 5.91 Å². The van der Waals surface area contributed by atoms with Crippen LogP contribution in [0, 0.1) is 13.8 Å². The van der Waals surface area contributed by atoms with Crippen molar-refractivity contribution in [2.45, 2.75) is 13.8 Å². The third-order valence-corrected chi connectivity index (χ3v) is 3.81. The van der Waals surface area contributed by atoms with Gasteiger partial charge in [0.2, 0.25) is 5.91 Å². The first-order valence-electron chi connectivity index (χ1n) is 7.30. The molecule has 1 heterocycles. The maximum absolute atomic E-state index is 12.5. The number of hydrogen-bond acceptors (Lipinski definition) is 3. The SMILES string of the molecule is Cc1ccc(C)c(C(=O)N(C)CC(=O)N2CCNCC2)c1. The molecule has 1 fully saturated rings. The van der Waals surface area contributed by atoms with Crippen molar-refractivity contribution in [2.24, 2.45) is 0 Å². The van der Waals surface area contributed by atoms with Gasteiger partial charge in [0.05, 0.1) is 6.54 Å². The third-order valence-electron chi connectivity index (χ3n) is 3.81. The molecule has 0 aliphatic carbocycles. The lowest BCUT2D eigenvalue weighted by molar-refractivity contribution is -0.132. The second-order valence-corrected chi connectivity index (χ2v) is 5.61. The zero-order valence-corrected chi connectivity index (χ0v) is 13.0. The lowest BCUT2D eigenvalue weighted by Crippen LogP contribution is -2.49. The molecular formula is C16H23N3O2. The number of piperazine rings is 1. The first-order chi connectivity index (χ1) is 9.99. The number of aryl methyl sites for hydroxylation is 2. The molecule has 1 N–H and O–H groups in total. The molecule has 2 amide bonds. The van der Waals surface area contributed by atoms with E-state index in [1.54, 1.807) is 7.05 Å². The van der Waals surface area contributed by atoms with Crippen molar-refractivity contribution < 1.29 is 9.59 Å². The van der Waals surface area contributed by atoms with Crippen LogP contribution in [0.5, 0.6) is 0 Å². The van der Waals surface area contributed by atoms with Gasteiger partial charge in [-0.05, 0) is 25.5 Å². The highest BCUT2D eigenvalue weighted by Gasteiger charge is 2.21. The molecule has 0 spiro atoms. The van der Waals surface area contributed by atoms with Crippen LogP contribution in [0.25, 0.3) is 0 Å². The van der Waals surface area contributed by atoms with Gasteiger partial charge in [-0.1, -0.05) is 17.7 Å². The van der Waals surface area contributed by atoms with Crippen LogP contribution in [0.1, 0.15) is 21.5 Å². The van der Waals surface area contributed by atoms with E-state index in [-0.39, 0.29) is 18.4 Å². The second-order valence-electron chi connectivity index (χ2n) is 5.61. The van der Waals surface area contributed by atoms with E-state index in [1.807, 2.05) is 36.9 Å². The van der Waals surface area contributed by atoms with Crippen LogP contribution in [-0.2, 0) is 4.79 Å². The van der Waals surface area contributed by atoms with Crippen LogP contribution >= 0.6 is 0 Å². The van der Waals surface area contributed by atoms with E-state index in [1.165, 1.54) is 4.90 Å².